The number of amides is 4. The van der Waals surface area contributed by atoms with E-state index in [1.807, 2.05) is 6.07 Å². The van der Waals surface area contributed by atoms with Crippen LogP contribution in [-0.2, 0) is 15.1 Å². The van der Waals surface area contributed by atoms with E-state index in [0.29, 0.717) is 11.1 Å². The quantitative estimate of drug-likeness (QED) is 0.767. The molecular weight excluding hydrogens is 272 g/mol. The van der Waals surface area contributed by atoms with Gasteiger partial charge in [0.05, 0.1) is 11.6 Å². The van der Waals surface area contributed by atoms with E-state index in [1.165, 1.54) is 7.05 Å². The molecule has 1 aliphatic rings. The maximum Gasteiger partial charge on any atom is 0.325 e. The molecule has 108 valence electrons. The Morgan fingerprint density at radius 1 is 1.48 bits per heavy atom. The molecule has 2 N–H and O–H groups in total. The molecule has 0 radical (unpaired) electrons. The van der Waals surface area contributed by atoms with Crippen LogP contribution in [0, 0.1) is 11.3 Å². The number of hydrogen-bond acceptors (Lipinski definition) is 4. The van der Waals surface area contributed by atoms with Crippen LogP contribution in [0.25, 0.3) is 0 Å². The van der Waals surface area contributed by atoms with E-state index in [4.69, 9.17) is 5.26 Å². The average molecular weight is 286 g/mol. The topological polar surface area (TPSA) is 102 Å². The largest absolute Gasteiger partial charge is 0.358 e. The summed E-state index contributed by atoms with van der Waals surface area (Å²) in [7, 11) is 1.43. The van der Waals surface area contributed by atoms with Crippen LogP contribution in [0.5, 0.6) is 0 Å². The van der Waals surface area contributed by atoms with Crippen LogP contribution in [0.3, 0.4) is 0 Å². The Balaban J connectivity index is 2.36. The predicted molar refractivity (Wildman–Crippen MR) is 72.8 cm³/mol. The summed E-state index contributed by atoms with van der Waals surface area (Å²) in [5, 5.41) is 13.9. The van der Waals surface area contributed by atoms with Crippen LogP contribution in [0.2, 0.25) is 0 Å². The third-order valence-corrected chi connectivity index (χ3v) is 3.42. The minimum absolute atomic E-state index is 0.339. The van der Waals surface area contributed by atoms with Gasteiger partial charge in [-0.05, 0) is 24.6 Å². The predicted octanol–water partition coefficient (Wildman–Crippen LogP) is 0.0713. The number of urea groups is 1. The van der Waals surface area contributed by atoms with Gasteiger partial charge >= 0.3 is 6.03 Å². The minimum atomic E-state index is -1.28. The maximum absolute atomic E-state index is 12.5. The van der Waals surface area contributed by atoms with E-state index < -0.39 is 23.4 Å². The molecule has 0 bridgehead atoms. The molecule has 7 heteroatoms. The van der Waals surface area contributed by atoms with Crippen molar-refractivity contribution in [2.45, 2.75) is 12.5 Å². The number of nitrogens with zero attached hydrogens (tertiary/aromatic N) is 2. The summed E-state index contributed by atoms with van der Waals surface area (Å²) in [4.78, 5) is 36.6. The Morgan fingerprint density at radius 3 is 2.81 bits per heavy atom. The van der Waals surface area contributed by atoms with E-state index in [2.05, 4.69) is 10.6 Å². The van der Waals surface area contributed by atoms with Crippen molar-refractivity contribution in [3.05, 3.63) is 35.4 Å². The molecule has 1 atom stereocenters. The van der Waals surface area contributed by atoms with Gasteiger partial charge in [-0.25, -0.2) is 4.79 Å². The highest BCUT2D eigenvalue weighted by atomic mass is 16.2. The summed E-state index contributed by atoms with van der Waals surface area (Å²) < 4.78 is 0. The van der Waals surface area contributed by atoms with Crippen molar-refractivity contribution in [3.63, 3.8) is 0 Å². The first-order valence-electron chi connectivity index (χ1n) is 6.27. The molecule has 0 saturated carbocycles. The number of nitriles is 1. The van der Waals surface area contributed by atoms with Crippen molar-refractivity contribution in [2.75, 3.05) is 13.6 Å². The highest BCUT2D eigenvalue weighted by molar-refractivity contribution is 6.09. The standard InChI is InChI=1S/C14H14N4O3/c1-14(10-5-3-4-9(6-10)7-15)12(20)18(13(21)17-14)8-11(19)16-2/h3-6H,8H2,1-2H3,(H,16,19)(H,17,21). The highest BCUT2D eigenvalue weighted by Crippen LogP contribution is 2.29. The van der Waals surface area contributed by atoms with Gasteiger partial charge in [-0.1, -0.05) is 12.1 Å². The van der Waals surface area contributed by atoms with E-state index in [0.717, 1.165) is 4.90 Å². The Bertz CT molecular complexity index is 664. The number of hydrogen-bond donors (Lipinski definition) is 2. The van der Waals surface area contributed by atoms with Crippen LogP contribution in [0.1, 0.15) is 18.1 Å². The molecule has 21 heavy (non-hydrogen) atoms. The molecular formula is C14H14N4O3. The SMILES string of the molecule is CNC(=O)CN1C(=O)NC(C)(c2cccc(C#N)c2)C1=O. The Kier molecular flexibility index (Phi) is 3.63. The van der Waals surface area contributed by atoms with E-state index in [9.17, 15) is 14.4 Å². The third kappa shape index (κ3) is 2.43. The molecule has 1 aliphatic heterocycles. The molecule has 1 saturated heterocycles. The molecule has 2 rings (SSSR count). The number of imide groups is 1. The maximum atomic E-state index is 12.5. The van der Waals surface area contributed by atoms with Gasteiger partial charge in [-0.3, -0.25) is 14.5 Å². The smallest absolute Gasteiger partial charge is 0.325 e. The molecule has 1 fully saturated rings. The molecule has 1 aromatic carbocycles. The Hall–Kier alpha value is -2.88. The fourth-order valence-electron chi connectivity index (χ4n) is 2.16. The molecule has 1 heterocycles. The summed E-state index contributed by atoms with van der Waals surface area (Å²) in [6.07, 6.45) is 0. The lowest BCUT2D eigenvalue weighted by Gasteiger charge is -2.22. The second-order valence-corrected chi connectivity index (χ2v) is 4.81. The van der Waals surface area contributed by atoms with Crippen molar-refractivity contribution >= 4 is 17.8 Å². The minimum Gasteiger partial charge on any atom is -0.358 e. The summed E-state index contributed by atoms with van der Waals surface area (Å²) in [6.45, 7) is 1.21. The molecule has 1 aromatic rings. The molecule has 4 amide bonds. The second kappa shape index (κ2) is 5.25. The van der Waals surface area contributed by atoms with Crippen molar-refractivity contribution in [1.29, 1.82) is 5.26 Å². The van der Waals surface area contributed by atoms with Gasteiger partial charge in [0.15, 0.2) is 0 Å². The number of carbonyl (C=O) groups excluding carboxylic acids is 3. The van der Waals surface area contributed by atoms with Crippen LogP contribution < -0.4 is 10.6 Å². The van der Waals surface area contributed by atoms with Crippen molar-refractivity contribution in [1.82, 2.24) is 15.5 Å². The highest BCUT2D eigenvalue weighted by Gasteiger charge is 2.49. The molecule has 0 aromatic heterocycles. The van der Waals surface area contributed by atoms with Crippen molar-refractivity contribution < 1.29 is 14.4 Å². The zero-order chi connectivity index (χ0) is 15.6. The zero-order valence-electron chi connectivity index (χ0n) is 11.6. The Labute approximate surface area is 121 Å². The van der Waals surface area contributed by atoms with E-state index in [-0.39, 0.29) is 6.54 Å². The van der Waals surface area contributed by atoms with E-state index in [1.54, 1.807) is 31.2 Å². The van der Waals surface area contributed by atoms with Crippen LogP contribution in [0.15, 0.2) is 24.3 Å². The van der Waals surface area contributed by atoms with E-state index >= 15 is 0 Å². The van der Waals surface area contributed by atoms with Gasteiger partial charge in [-0.2, -0.15) is 5.26 Å². The molecule has 7 nitrogen and oxygen atoms in total. The number of carbonyl (C=O) groups is 3. The first kappa shape index (κ1) is 14.5. The summed E-state index contributed by atoms with van der Waals surface area (Å²) >= 11 is 0. The second-order valence-electron chi connectivity index (χ2n) is 4.81. The number of benzene rings is 1. The normalized spacial score (nSPS) is 20.9. The summed E-state index contributed by atoms with van der Waals surface area (Å²) in [5.41, 5.74) is -0.391. The lowest BCUT2D eigenvalue weighted by molar-refractivity contribution is -0.134. The van der Waals surface area contributed by atoms with Crippen LogP contribution >= 0.6 is 0 Å². The zero-order valence-corrected chi connectivity index (χ0v) is 11.6. The van der Waals surface area contributed by atoms with Gasteiger partial charge in [-0.15, -0.1) is 0 Å². The lowest BCUT2D eigenvalue weighted by atomic mass is 9.91. The first-order chi connectivity index (χ1) is 9.92. The van der Waals surface area contributed by atoms with Crippen molar-refractivity contribution in [2.24, 2.45) is 0 Å². The van der Waals surface area contributed by atoms with Gasteiger partial charge in [0, 0.05) is 7.05 Å². The summed E-state index contributed by atoms with van der Waals surface area (Å²) in [6, 6.07) is 7.80. The van der Waals surface area contributed by atoms with Gasteiger partial charge in [0.25, 0.3) is 5.91 Å². The van der Waals surface area contributed by atoms with Gasteiger partial charge < -0.3 is 10.6 Å². The number of rotatable bonds is 3. The van der Waals surface area contributed by atoms with Gasteiger partial charge in [0.1, 0.15) is 12.1 Å². The monoisotopic (exact) mass is 286 g/mol. The van der Waals surface area contributed by atoms with Gasteiger partial charge in [0.2, 0.25) is 5.91 Å². The first-order valence-corrected chi connectivity index (χ1v) is 6.27. The fourth-order valence-corrected chi connectivity index (χ4v) is 2.16. The Morgan fingerprint density at radius 2 is 2.19 bits per heavy atom. The van der Waals surface area contributed by atoms with Crippen molar-refractivity contribution in [3.8, 4) is 6.07 Å². The number of likely N-dealkylation sites (N-methyl/N-ethyl adjacent to an activating group) is 1. The molecule has 0 spiro atoms. The molecule has 0 aliphatic carbocycles. The molecule has 1 unspecified atom stereocenters. The summed E-state index contributed by atoms with van der Waals surface area (Å²) in [5.74, 6) is -0.959. The lowest BCUT2D eigenvalue weighted by Crippen LogP contribution is -2.42. The fraction of sp³-hybridized carbons (Fsp3) is 0.286. The number of nitrogens with one attached hydrogen (secondary N) is 2. The third-order valence-electron chi connectivity index (χ3n) is 3.42. The average Bonchev–Trinajstić information content (AvgIpc) is 2.71. The van der Waals surface area contributed by atoms with Crippen LogP contribution in [0.4, 0.5) is 4.79 Å². The van der Waals surface area contributed by atoms with Crippen LogP contribution in [-0.4, -0.2) is 36.3 Å².